The lowest BCUT2D eigenvalue weighted by Crippen LogP contribution is -2.28. The first-order chi connectivity index (χ1) is 16.3. The predicted molar refractivity (Wildman–Crippen MR) is 115 cm³/mol. The smallest absolute Gasteiger partial charge is 0.310 e. The van der Waals surface area contributed by atoms with E-state index in [0.29, 0.717) is 17.2 Å². The van der Waals surface area contributed by atoms with Crippen molar-refractivity contribution in [2.75, 3.05) is 0 Å². The molecule has 0 radical (unpaired) electrons. The number of benzene rings is 1. The lowest BCUT2D eigenvalue weighted by atomic mass is 9.72. The molecule has 1 aliphatic rings. The summed E-state index contributed by atoms with van der Waals surface area (Å²) in [6, 6.07) is 7.78. The van der Waals surface area contributed by atoms with Gasteiger partial charge < -0.3 is 4.98 Å². The summed E-state index contributed by atoms with van der Waals surface area (Å²) in [6.45, 7) is 1.72. The van der Waals surface area contributed by atoms with Gasteiger partial charge in [0.15, 0.2) is 11.3 Å². The van der Waals surface area contributed by atoms with Gasteiger partial charge in [-0.05, 0) is 43.5 Å². The Hall–Kier alpha value is -4.07. The lowest BCUT2D eigenvalue weighted by Gasteiger charge is -2.34. The molecule has 1 fully saturated rings. The molecule has 1 N–H and O–H groups in total. The molecule has 1 aromatic carbocycles. The van der Waals surface area contributed by atoms with Gasteiger partial charge in [0.1, 0.15) is 23.1 Å². The highest BCUT2D eigenvalue weighted by atomic mass is 19.4. The first kappa shape index (κ1) is 21.8. The Morgan fingerprint density at radius 3 is 2.41 bits per heavy atom. The zero-order valence-corrected chi connectivity index (χ0v) is 17.9. The lowest BCUT2D eigenvalue weighted by molar-refractivity contribution is -0.137. The van der Waals surface area contributed by atoms with Crippen LogP contribution in [0.1, 0.15) is 66.1 Å². The van der Waals surface area contributed by atoms with Gasteiger partial charge in [-0.25, -0.2) is 19.6 Å². The van der Waals surface area contributed by atoms with Crippen molar-refractivity contribution in [3.8, 4) is 6.07 Å². The maximum Gasteiger partial charge on any atom is 0.416 e. The number of aromatic amines is 1. The molecule has 0 spiro atoms. The van der Waals surface area contributed by atoms with Crippen LogP contribution in [0.4, 0.5) is 13.2 Å². The van der Waals surface area contributed by atoms with Crippen molar-refractivity contribution in [2.24, 2.45) is 0 Å². The molecule has 5 rings (SSSR count). The summed E-state index contributed by atoms with van der Waals surface area (Å²) in [4.78, 5) is 29.0. The van der Waals surface area contributed by atoms with Crippen molar-refractivity contribution in [1.82, 2.24) is 29.7 Å². The summed E-state index contributed by atoms with van der Waals surface area (Å²) in [5, 5.41) is 13.8. The van der Waals surface area contributed by atoms with E-state index >= 15 is 0 Å². The molecule has 3 aromatic heterocycles. The molecular formula is C23H18F3N7O. The van der Waals surface area contributed by atoms with Crippen LogP contribution in [0, 0.1) is 11.3 Å². The number of H-pyrrole nitrogens is 1. The highest BCUT2D eigenvalue weighted by Gasteiger charge is 2.38. The molecule has 34 heavy (non-hydrogen) atoms. The second kappa shape index (κ2) is 8.06. The molecule has 0 aliphatic heterocycles. The van der Waals surface area contributed by atoms with E-state index in [1.165, 1.54) is 16.8 Å². The van der Waals surface area contributed by atoms with E-state index in [4.69, 9.17) is 0 Å². The Labute approximate surface area is 191 Å². The minimum atomic E-state index is -4.44. The molecule has 3 atom stereocenters. The van der Waals surface area contributed by atoms with Crippen LogP contribution in [0.2, 0.25) is 0 Å². The molecule has 172 valence electrons. The fourth-order valence-corrected chi connectivity index (χ4v) is 4.32. The number of aromatic nitrogens is 6. The van der Waals surface area contributed by atoms with Crippen LogP contribution in [0.5, 0.6) is 0 Å². The minimum absolute atomic E-state index is 0.000875. The Morgan fingerprint density at radius 2 is 1.82 bits per heavy atom. The van der Waals surface area contributed by atoms with Crippen LogP contribution in [-0.4, -0.2) is 29.7 Å². The number of nitriles is 1. The average molecular weight is 465 g/mol. The monoisotopic (exact) mass is 465 g/mol. The molecule has 0 saturated heterocycles. The van der Waals surface area contributed by atoms with E-state index < -0.39 is 23.3 Å². The van der Waals surface area contributed by atoms with Gasteiger partial charge >= 0.3 is 6.18 Å². The summed E-state index contributed by atoms with van der Waals surface area (Å²) in [5.74, 6) is 1.02. The number of fused-ring (bicyclic) bond motifs is 1. The third kappa shape index (κ3) is 3.61. The van der Waals surface area contributed by atoms with Gasteiger partial charge in [0, 0.05) is 24.2 Å². The highest BCUT2D eigenvalue weighted by molar-refractivity contribution is 5.80. The summed E-state index contributed by atoms with van der Waals surface area (Å²) < 4.78 is 40.3. The molecule has 1 aliphatic carbocycles. The van der Waals surface area contributed by atoms with Crippen LogP contribution in [0.15, 0.2) is 47.5 Å². The van der Waals surface area contributed by atoms with E-state index in [9.17, 15) is 23.2 Å². The largest absolute Gasteiger partial charge is 0.416 e. The summed E-state index contributed by atoms with van der Waals surface area (Å²) in [7, 11) is 0. The quantitative estimate of drug-likeness (QED) is 0.486. The minimum Gasteiger partial charge on any atom is -0.310 e. The molecule has 4 aromatic rings. The van der Waals surface area contributed by atoms with Crippen LogP contribution < -0.4 is 5.56 Å². The molecule has 8 nitrogen and oxygen atoms in total. The van der Waals surface area contributed by atoms with E-state index in [1.807, 2.05) is 6.07 Å². The number of hydrogen-bond donors (Lipinski definition) is 1. The summed E-state index contributed by atoms with van der Waals surface area (Å²) >= 11 is 0. The molecule has 0 amide bonds. The maximum atomic E-state index is 12.9. The molecule has 0 bridgehead atoms. The van der Waals surface area contributed by atoms with Gasteiger partial charge in [-0.3, -0.25) is 4.79 Å². The maximum absolute atomic E-state index is 12.9. The zero-order chi connectivity index (χ0) is 24.0. The third-order valence-electron chi connectivity index (χ3n) is 6.32. The van der Waals surface area contributed by atoms with Crippen molar-refractivity contribution in [3.05, 3.63) is 81.5 Å². The average Bonchev–Trinajstić information content (AvgIpc) is 3.17. The number of alkyl halides is 3. The number of rotatable bonds is 4. The molecule has 11 heteroatoms. The second-order valence-electron chi connectivity index (χ2n) is 8.25. The number of halogens is 3. The van der Waals surface area contributed by atoms with Gasteiger partial charge in [-0.1, -0.05) is 12.1 Å². The Balaban J connectivity index is 1.57. The molecule has 1 saturated carbocycles. The first-order valence-electron chi connectivity index (χ1n) is 10.6. The standard InChI is InChI=1S/C23H18F3N7O/c1-12(13-3-5-14(6-4-13)23(24,25)26)33-21-18(17(11-27)32-33)22(34)31-20(30-21)16-8-7-15(16)19-28-9-2-10-29-19/h2-6,9-10,12,15-16H,7-8H2,1H3,(H,30,31,34)/t12-,15-,16-/m1/s1. The summed E-state index contributed by atoms with van der Waals surface area (Å²) in [5.41, 5.74) is -0.595. The normalized spacial score (nSPS) is 18.9. The van der Waals surface area contributed by atoms with Crippen LogP contribution in [0.3, 0.4) is 0 Å². The van der Waals surface area contributed by atoms with Gasteiger partial charge in [0.05, 0.1) is 11.6 Å². The van der Waals surface area contributed by atoms with Crippen LogP contribution in [0.25, 0.3) is 11.0 Å². The van der Waals surface area contributed by atoms with E-state index in [1.54, 1.807) is 25.4 Å². The van der Waals surface area contributed by atoms with Crippen molar-refractivity contribution < 1.29 is 13.2 Å². The molecular weight excluding hydrogens is 447 g/mol. The number of nitrogens with zero attached hydrogens (tertiary/aromatic N) is 6. The van der Waals surface area contributed by atoms with Gasteiger partial charge in [0.2, 0.25) is 0 Å². The van der Waals surface area contributed by atoms with Crippen molar-refractivity contribution >= 4 is 11.0 Å². The third-order valence-corrected chi connectivity index (χ3v) is 6.32. The van der Waals surface area contributed by atoms with Gasteiger partial charge in [-0.2, -0.15) is 23.5 Å². The Morgan fingerprint density at radius 1 is 1.15 bits per heavy atom. The fourth-order valence-electron chi connectivity index (χ4n) is 4.32. The Kier molecular flexibility index (Phi) is 5.16. The number of nitrogens with one attached hydrogen (secondary N) is 1. The topological polar surface area (TPSA) is 113 Å². The van der Waals surface area contributed by atoms with Crippen LogP contribution in [-0.2, 0) is 6.18 Å². The summed E-state index contributed by atoms with van der Waals surface area (Å²) in [6.07, 6.45) is 0.514. The fraction of sp³-hybridized carbons (Fsp3) is 0.304. The number of hydrogen-bond acceptors (Lipinski definition) is 6. The van der Waals surface area contributed by atoms with Crippen molar-refractivity contribution in [1.29, 1.82) is 5.26 Å². The van der Waals surface area contributed by atoms with Gasteiger partial charge in [-0.15, -0.1) is 0 Å². The predicted octanol–water partition coefficient (Wildman–Crippen LogP) is 4.07. The van der Waals surface area contributed by atoms with E-state index in [0.717, 1.165) is 25.0 Å². The highest BCUT2D eigenvalue weighted by Crippen LogP contribution is 2.46. The van der Waals surface area contributed by atoms with Gasteiger partial charge in [0.25, 0.3) is 5.56 Å². The van der Waals surface area contributed by atoms with Crippen molar-refractivity contribution in [2.45, 2.75) is 43.8 Å². The van der Waals surface area contributed by atoms with E-state index in [2.05, 4.69) is 25.0 Å². The Bertz CT molecular complexity index is 1450. The molecule has 3 heterocycles. The first-order valence-corrected chi connectivity index (χ1v) is 10.6. The SMILES string of the molecule is C[C@H](c1ccc(C(F)(F)F)cc1)n1nc(C#N)c2c(=O)[nH]c([C@@H]3CC[C@H]3c3ncccn3)nc21. The second-order valence-corrected chi connectivity index (χ2v) is 8.25. The van der Waals surface area contributed by atoms with Crippen LogP contribution >= 0.6 is 0 Å². The molecule has 0 unspecified atom stereocenters. The zero-order valence-electron chi connectivity index (χ0n) is 17.9. The van der Waals surface area contributed by atoms with E-state index in [-0.39, 0.29) is 28.6 Å². The van der Waals surface area contributed by atoms with Crippen molar-refractivity contribution in [3.63, 3.8) is 0 Å².